The molecule has 0 saturated heterocycles. The van der Waals surface area contributed by atoms with E-state index in [1.54, 1.807) is 6.07 Å². The lowest BCUT2D eigenvalue weighted by atomic mass is 9.97. The minimum absolute atomic E-state index is 0.0324. The van der Waals surface area contributed by atoms with Crippen LogP contribution in [0.15, 0.2) is 18.2 Å². The van der Waals surface area contributed by atoms with Gasteiger partial charge in [-0.05, 0) is 31.4 Å². The molecule has 1 fully saturated rings. The second kappa shape index (κ2) is 5.80. The number of sulfone groups is 1. The van der Waals surface area contributed by atoms with Crippen molar-refractivity contribution in [2.24, 2.45) is 0 Å². The SMILES string of the molecule is CS(=O)(=O)C1CCCC(Oc2ccc(C#N)c(F)c2)C1. The Labute approximate surface area is 118 Å². The average molecular weight is 297 g/mol. The van der Waals surface area contributed by atoms with E-state index in [2.05, 4.69) is 0 Å². The molecule has 1 aliphatic carbocycles. The van der Waals surface area contributed by atoms with Gasteiger partial charge in [-0.3, -0.25) is 0 Å². The van der Waals surface area contributed by atoms with Crippen molar-refractivity contribution in [2.75, 3.05) is 6.26 Å². The molecule has 0 spiro atoms. The van der Waals surface area contributed by atoms with E-state index in [0.717, 1.165) is 12.8 Å². The summed E-state index contributed by atoms with van der Waals surface area (Å²) in [6, 6.07) is 5.81. The van der Waals surface area contributed by atoms with Crippen molar-refractivity contribution < 1.29 is 17.5 Å². The molecule has 0 N–H and O–H groups in total. The molecule has 1 aliphatic rings. The normalized spacial score (nSPS) is 23.1. The summed E-state index contributed by atoms with van der Waals surface area (Å²) >= 11 is 0. The Bertz CT molecular complexity index is 636. The van der Waals surface area contributed by atoms with Gasteiger partial charge in [0, 0.05) is 18.7 Å². The standard InChI is InChI=1S/C14H16FNO3S/c1-20(17,18)13-4-2-3-11(7-13)19-12-6-5-10(9-16)14(15)8-12/h5-6,8,11,13H,2-4,7H2,1H3. The molecule has 6 heteroatoms. The Kier molecular flexibility index (Phi) is 4.29. The molecule has 0 aliphatic heterocycles. The predicted molar refractivity (Wildman–Crippen MR) is 72.6 cm³/mol. The van der Waals surface area contributed by atoms with Crippen LogP contribution >= 0.6 is 0 Å². The van der Waals surface area contributed by atoms with Gasteiger partial charge in [0.2, 0.25) is 0 Å². The molecule has 1 saturated carbocycles. The highest BCUT2D eigenvalue weighted by Crippen LogP contribution is 2.28. The summed E-state index contributed by atoms with van der Waals surface area (Å²) in [5, 5.41) is 8.27. The number of ether oxygens (including phenoxy) is 1. The molecule has 4 nitrogen and oxygen atoms in total. The molecule has 1 aromatic rings. The summed E-state index contributed by atoms with van der Waals surface area (Å²) in [5.41, 5.74) is -0.0324. The van der Waals surface area contributed by atoms with Gasteiger partial charge in [-0.25, -0.2) is 12.8 Å². The molecular formula is C14H16FNO3S. The summed E-state index contributed by atoms with van der Waals surface area (Å²) in [6.45, 7) is 0. The van der Waals surface area contributed by atoms with Crippen LogP contribution in [0.25, 0.3) is 0 Å². The summed E-state index contributed by atoms with van der Waals surface area (Å²) in [7, 11) is -3.07. The smallest absolute Gasteiger partial charge is 0.150 e. The van der Waals surface area contributed by atoms with Crippen molar-refractivity contribution in [1.29, 1.82) is 5.26 Å². The molecule has 0 aromatic heterocycles. The topological polar surface area (TPSA) is 67.2 Å². The summed E-state index contributed by atoms with van der Waals surface area (Å²) in [5.74, 6) is -0.291. The van der Waals surface area contributed by atoms with Crippen LogP contribution in [-0.4, -0.2) is 26.0 Å². The summed E-state index contributed by atoms with van der Waals surface area (Å²) in [6.07, 6.45) is 3.63. The lowest BCUT2D eigenvalue weighted by Crippen LogP contribution is -2.33. The molecule has 108 valence electrons. The van der Waals surface area contributed by atoms with Crippen LogP contribution in [0.1, 0.15) is 31.2 Å². The maximum absolute atomic E-state index is 13.5. The molecule has 2 rings (SSSR count). The van der Waals surface area contributed by atoms with Gasteiger partial charge >= 0.3 is 0 Å². The first-order valence-corrected chi connectivity index (χ1v) is 8.41. The number of halogens is 1. The van der Waals surface area contributed by atoms with Gasteiger partial charge in [0.25, 0.3) is 0 Å². The Hall–Kier alpha value is -1.61. The third kappa shape index (κ3) is 3.48. The first-order chi connectivity index (χ1) is 9.40. The molecule has 0 amide bonds. The lowest BCUT2D eigenvalue weighted by molar-refractivity contribution is 0.155. The first-order valence-electron chi connectivity index (χ1n) is 6.45. The van der Waals surface area contributed by atoms with Gasteiger partial charge in [0.1, 0.15) is 27.5 Å². The molecule has 2 atom stereocenters. The maximum Gasteiger partial charge on any atom is 0.150 e. The van der Waals surface area contributed by atoms with Gasteiger partial charge < -0.3 is 4.74 Å². The highest BCUT2D eigenvalue weighted by atomic mass is 32.2. The molecule has 0 heterocycles. The fraction of sp³-hybridized carbons (Fsp3) is 0.500. The second-order valence-corrected chi connectivity index (χ2v) is 7.44. The van der Waals surface area contributed by atoms with Gasteiger partial charge in [0.05, 0.1) is 16.9 Å². The van der Waals surface area contributed by atoms with Gasteiger partial charge in [0.15, 0.2) is 0 Å². The number of benzene rings is 1. The zero-order chi connectivity index (χ0) is 14.8. The summed E-state index contributed by atoms with van der Waals surface area (Å²) < 4.78 is 42.3. The highest BCUT2D eigenvalue weighted by Gasteiger charge is 2.30. The zero-order valence-electron chi connectivity index (χ0n) is 11.2. The Balaban J connectivity index is 2.07. The Morgan fingerprint density at radius 2 is 2.15 bits per heavy atom. The van der Waals surface area contributed by atoms with Crippen molar-refractivity contribution in [3.8, 4) is 11.8 Å². The molecule has 2 unspecified atom stereocenters. The minimum Gasteiger partial charge on any atom is -0.490 e. The summed E-state index contributed by atoms with van der Waals surface area (Å²) in [4.78, 5) is 0. The lowest BCUT2D eigenvalue weighted by Gasteiger charge is -2.28. The highest BCUT2D eigenvalue weighted by molar-refractivity contribution is 7.91. The number of hydrogen-bond donors (Lipinski definition) is 0. The number of rotatable bonds is 3. The fourth-order valence-corrected chi connectivity index (χ4v) is 3.61. The van der Waals surface area contributed by atoms with Crippen LogP contribution in [0.5, 0.6) is 5.75 Å². The minimum atomic E-state index is -3.07. The van der Waals surface area contributed by atoms with Crippen LogP contribution < -0.4 is 4.74 Å². The van der Waals surface area contributed by atoms with Crippen molar-refractivity contribution in [1.82, 2.24) is 0 Å². The molecular weight excluding hydrogens is 281 g/mol. The van der Waals surface area contributed by atoms with Crippen LogP contribution in [0.2, 0.25) is 0 Å². The molecule has 20 heavy (non-hydrogen) atoms. The quantitative estimate of drug-likeness (QED) is 0.859. The maximum atomic E-state index is 13.5. The van der Waals surface area contributed by atoms with E-state index in [1.807, 2.05) is 0 Å². The second-order valence-electron chi connectivity index (χ2n) is 5.11. The van der Waals surface area contributed by atoms with Crippen LogP contribution in [0.3, 0.4) is 0 Å². The Morgan fingerprint density at radius 3 is 2.75 bits per heavy atom. The largest absolute Gasteiger partial charge is 0.490 e. The van der Waals surface area contributed by atoms with E-state index in [-0.39, 0.29) is 16.9 Å². The molecule has 0 bridgehead atoms. The van der Waals surface area contributed by atoms with E-state index >= 15 is 0 Å². The predicted octanol–water partition coefficient (Wildman–Crippen LogP) is 2.43. The van der Waals surface area contributed by atoms with E-state index in [4.69, 9.17) is 10.00 Å². The van der Waals surface area contributed by atoms with Gasteiger partial charge in [-0.1, -0.05) is 0 Å². The monoisotopic (exact) mass is 297 g/mol. The first kappa shape index (κ1) is 14.8. The van der Waals surface area contributed by atoms with Gasteiger partial charge in [-0.2, -0.15) is 5.26 Å². The molecule has 1 aromatic carbocycles. The third-order valence-electron chi connectivity index (χ3n) is 3.55. The van der Waals surface area contributed by atoms with E-state index in [0.29, 0.717) is 18.6 Å². The van der Waals surface area contributed by atoms with Crippen molar-refractivity contribution in [3.05, 3.63) is 29.6 Å². The number of nitriles is 1. The average Bonchev–Trinajstić information content (AvgIpc) is 2.38. The van der Waals surface area contributed by atoms with E-state index < -0.39 is 15.7 Å². The Morgan fingerprint density at radius 1 is 1.40 bits per heavy atom. The van der Waals surface area contributed by atoms with Crippen molar-refractivity contribution in [2.45, 2.75) is 37.0 Å². The van der Waals surface area contributed by atoms with Gasteiger partial charge in [-0.15, -0.1) is 0 Å². The molecule has 0 radical (unpaired) electrons. The van der Waals surface area contributed by atoms with Crippen LogP contribution in [0.4, 0.5) is 4.39 Å². The number of hydrogen-bond acceptors (Lipinski definition) is 4. The third-order valence-corrected chi connectivity index (χ3v) is 5.19. The van der Waals surface area contributed by atoms with Crippen LogP contribution in [-0.2, 0) is 9.84 Å². The van der Waals surface area contributed by atoms with E-state index in [1.165, 1.54) is 24.5 Å². The number of nitrogens with zero attached hydrogens (tertiary/aromatic N) is 1. The fourth-order valence-electron chi connectivity index (χ4n) is 2.45. The van der Waals surface area contributed by atoms with E-state index in [9.17, 15) is 12.8 Å². The van der Waals surface area contributed by atoms with Crippen LogP contribution in [0, 0.1) is 17.1 Å². The zero-order valence-corrected chi connectivity index (χ0v) is 12.0. The van der Waals surface area contributed by atoms with Crippen molar-refractivity contribution >= 4 is 9.84 Å². The van der Waals surface area contributed by atoms with Crippen molar-refractivity contribution in [3.63, 3.8) is 0 Å².